The number of carbonyl (C=O) groups is 1. The molecule has 0 amide bonds. The molecule has 0 saturated heterocycles. The number of nitrogens with zero attached hydrogens (tertiary/aromatic N) is 1. The number of aromatic nitrogens is 1. The zero-order chi connectivity index (χ0) is 14.5. The van der Waals surface area contributed by atoms with Crippen molar-refractivity contribution >= 4 is 30.9 Å². The van der Waals surface area contributed by atoms with Crippen LogP contribution in [-0.2, 0) is 4.74 Å². The van der Waals surface area contributed by atoms with Crippen LogP contribution in [0, 0.1) is 0 Å². The van der Waals surface area contributed by atoms with Gasteiger partial charge in [0.2, 0.25) is 0 Å². The van der Waals surface area contributed by atoms with Crippen LogP contribution in [0.4, 0.5) is 10.4 Å². The molecule has 1 N–H and O–H groups in total. The van der Waals surface area contributed by atoms with Crippen molar-refractivity contribution in [2.75, 3.05) is 19.5 Å². The van der Waals surface area contributed by atoms with Gasteiger partial charge in [0.15, 0.2) is 0 Å². The van der Waals surface area contributed by atoms with E-state index in [-0.39, 0.29) is 14.5 Å². The first kappa shape index (κ1) is 14.3. The van der Waals surface area contributed by atoms with Crippen LogP contribution in [0.3, 0.4) is 0 Å². The van der Waals surface area contributed by atoms with Gasteiger partial charge in [-0.3, -0.25) is 0 Å². The fraction of sp³-hybridized carbons (Fsp3) is 0.154. The molecule has 0 atom stereocenters. The zero-order valence-electron chi connectivity index (χ0n) is 10.9. The average molecular weight is 339 g/mol. The van der Waals surface area contributed by atoms with E-state index in [0.29, 0.717) is 9.13 Å². The summed E-state index contributed by atoms with van der Waals surface area (Å²) in [6, 6.07) is 8.40. The number of carbonyl (C=O) groups excluding carboxylic acids is 1. The Morgan fingerprint density at radius 1 is 1.25 bits per heavy atom. The maximum atomic E-state index is 11.5. The predicted molar refractivity (Wildman–Crippen MR) is 75.1 cm³/mol. The first-order valence-corrected chi connectivity index (χ1v) is 7.35. The third kappa shape index (κ3) is 3.46. The van der Waals surface area contributed by atoms with E-state index in [2.05, 4.69) is 15.0 Å². The van der Waals surface area contributed by atoms with Crippen LogP contribution in [0.5, 0.6) is 5.75 Å². The van der Waals surface area contributed by atoms with Crippen molar-refractivity contribution in [1.82, 2.24) is 4.98 Å². The Labute approximate surface area is 121 Å². The fourth-order valence-corrected chi connectivity index (χ4v) is 3.21. The van der Waals surface area contributed by atoms with Gasteiger partial charge in [-0.05, 0) is 0 Å². The number of ether oxygens (including phenoxy) is 2. The second-order valence-corrected chi connectivity index (χ2v) is 5.87. The van der Waals surface area contributed by atoms with Crippen LogP contribution in [-0.4, -0.2) is 39.7 Å². The van der Waals surface area contributed by atoms with E-state index in [4.69, 9.17) is 4.74 Å². The third-order valence-electron chi connectivity index (χ3n) is 2.40. The van der Waals surface area contributed by atoms with Crippen molar-refractivity contribution in [3.63, 3.8) is 0 Å². The van der Waals surface area contributed by atoms with E-state index in [0.717, 1.165) is 11.4 Å². The van der Waals surface area contributed by atoms with Crippen molar-refractivity contribution in [2.45, 2.75) is 0 Å². The number of methoxy groups -OCH3 is 2. The third-order valence-corrected chi connectivity index (χ3v) is 4.27. The monoisotopic (exact) mass is 340 g/mol. The Balaban J connectivity index is 2.26. The topological polar surface area (TPSA) is 77.5 Å². The number of rotatable bonds is 4. The number of esters is 1. The quantitative estimate of drug-likeness (QED) is 0.662. The van der Waals surface area contributed by atoms with Gasteiger partial charge in [0.05, 0.1) is 0 Å². The van der Waals surface area contributed by atoms with Crippen molar-refractivity contribution in [3.8, 4) is 5.75 Å². The van der Waals surface area contributed by atoms with Gasteiger partial charge < -0.3 is 0 Å². The Bertz CT molecular complexity index is 667. The number of anilines is 2. The molecule has 0 aliphatic heterocycles. The molecule has 0 aliphatic carbocycles. The predicted octanol–water partition coefficient (Wildman–Crippen LogP) is 1.04. The second-order valence-electron chi connectivity index (χ2n) is 3.71. The molecule has 0 saturated carbocycles. The molecular formula is C13H12N2O4Se. The molecule has 6 nitrogen and oxygen atoms in total. The molecule has 0 bridgehead atoms. The molecule has 2 rings (SSSR count). The number of nitrogens with one attached hydrogen (secondary N) is 1. The summed E-state index contributed by atoms with van der Waals surface area (Å²) >= 11 is -0.388. The fourth-order valence-electron chi connectivity index (χ4n) is 1.45. The zero-order valence-corrected chi connectivity index (χ0v) is 12.6. The molecule has 0 radical (unpaired) electrons. The van der Waals surface area contributed by atoms with E-state index in [1.54, 1.807) is 31.4 Å². The molecule has 2 aromatic rings. The molecular weight excluding hydrogens is 327 g/mol. The van der Waals surface area contributed by atoms with Crippen molar-refractivity contribution in [2.24, 2.45) is 0 Å². The van der Waals surface area contributed by atoms with Crippen LogP contribution in [0.25, 0.3) is 0 Å². The van der Waals surface area contributed by atoms with Gasteiger partial charge in [-0.2, -0.15) is 0 Å². The standard InChI is InChI=1S/C13H12N2O4Se/c1-18-9-5-3-8(4-6-9)14-13-15-11(16)7-10(20-13)12(17)19-2/h3-7H,1-2H3,(H,14,15,16). The molecule has 104 valence electrons. The van der Waals surface area contributed by atoms with Gasteiger partial charge in [0.25, 0.3) is 0 Å². The first-order chi connectivity index (χ1) is 9.62. The van der Waals surface area contributed by atoms with Gasteiger partial charge in [0, 0.05) is 0 Å². The van der Waals surface area contributed by atoms with Gasteiger partial charge >= 0.3 is 121 Å². The van der Waals surface area contributed by atoms with Crippen molar-refractivity contribution in [1.29, 1.82) is 0 Å². The molecule has 0 fully saturated rings. The van der Waals surface area contributed by atoms with Crippen LogP contribution in [0.15, 0.2) is 35.1 Å². The van der Waals surface area contributed by atoms with Crippen molar-refractivity contribution < 1.29 is 14.3 Å². The van der Waals surface area contributed by atoms with E-state index < -0.39 is 11.5 Å². The number of benzene rings is 1. The Hall–Kier alpha value is -2.11. The normalized spacial score (nSPS) is 9.90. The van der Waals surface area contributed by atoms with Crippen LogP contribution in [0.1, 0.15) is 9.23 Å². The first-order valence-electron chi connectivity index (χ1n) is 5.64. The molecule has 0 aliphatic rings. The summed E-state index contributed by atoms with van der Waals surface area (Å²) in [5.74, 6) is 0.236. The SMILES string of the molecule is COC(=O)c1cc(=O)nc(Nc2ccc(OC)cc2)[se]1. The van der Waals surface area contributed by atoms with E-state index in [1.807, 2.05) is 0 Å². The summed E-state index contributed by atoms with van der Waals surface area (Å²) in [6.07, 6.45) is 0. The molecule has 1 heterocycles. The average Bonchev–Trinajstić information content (AvgIpc) is 2.46. The van der Waals surface area contributed by atoms with Crippen molar-refractivity contribution in [3.05, 3.63) is 45.1 Å². The van der Waals surface area contributed by atoms with Crippen LogP contribution >= 0.6 is 0 Å². The molecule has 1 aromatic heterocycles. The van der Waals surface area contributed by atoms with Gasteiger partial charge in [-0.15, -0.1) is 0 Å². The van der Waals surface area contributed by atoms with Crippen LogP contribution in [0.2, 0.25) is 0 Å². The molecule has 20 heavy (non-hydrogen) atoms. The number of hydrogen-bond acceptors (Lipinski definition) is 6. The minimum absolute atomic E-state index is 0.344. The molecule has 0 spiro atoms. The number of hydrogen-bond donors (Lipinski definition) is 1. The Morgan fingerprint density at radius 3 is 2.55 bits per heavy atom. The molecule has 7 heteroatoms. The summed E-state index contributed by atoms with van der Waals surface area (Å²) in [5, 5.41) is 3.02. The van der Waals surface area contributed by atoms with Gasteiger partial charge in [-0.1, -0.05) is 0 Å². The summed E-state index contributed by atoms with van der Waals surface area (Å²) in [4.78, 5) is 26.8. The Kier molecular flexibility index (Phi) is 4.55. The van der Waals surface area contributed by atoms with E-state index in [1.165, 1.54) is 13.2 Å². The van der Waals surface area contributed by atoms with Gasteiger partial charge in [-0.25, -0.2) is 0 Å². The molecule has 1 aromatic carbocycles. The summed E-state index contributed by atoms with van der Waals surface area (Å²) < 4.78 is 10.5. The Morgan fingerprint density at radius 2 is 1.95 bits per heavy atom. The van der Waals surface area contributed by atoms with Gasteiger partial charge in [0.1, 0.15) is 0 Å². The van der Waals surface area contributed by atoms with Crippen LogP contribution < -0.4 is 15.6 Å². The summed E-state index contributed by atoms with van der Waals surface area (Å²) in [6.45, 7) is 0. The van der Waals surface area contributed by atoms with E-state index in [9.17, 15) is 9.59 Å². The minimum atomic E-state index is -0.498. The summed E-state index contributed by atoms with van der Waals surface area (Å²) in [5.41, 5.74) is 0.305. The molecule has 0 unspecified atom stereocenters. The maximum absolute atomic E-state index is 11.5. The van der Waals surface area contributed by atoms with E-state index >= 15 is 0 Å². The second kappa shape index (κ2) is 6.36. The summed E-state index contributed by atoms with van der Waals surface area (Å²) in [7, 11) is 2.87.